The third kappa shape index (κ3) is 6.03. The SMILES string of the molecule is CN=C(NCC1CCCS1)NCC(Cc1ccc(F)cc1)C(N)=O. The highest BCUT2D eigenvalue weighted by Gasteiger charge is 2.18. The number of guanidine groups is 1. The van der Waals surface area contributed by atoms with E-state index in [1.807, 2.05) is 11.8 Å². The summed E-state index contributed by atoms with van der Waals surface area (Å²) >= 11 is 1.98. The zero-order valence-electron chi connectivity index (χ0n) is 13.9. The molecule has 0 spiro atoms. The van der Waals surface area contributed by atoms with E-state index in [0.29, 0.717) is 24.2 Å². The molecule has 1 aliphatic rings. The number of aliphatic imine (C=N–C) groups is 1. The van der Waals surface area contributed by atoms with Crippen molar-refractivity contribution in [2.24, 2.45) is 16.6 Å². The van der Waals surface area contributed by atoms with Crippen LogP contribution in [0.4, 0.5) is 4.39 Å². The minimum absolute atomic E-state index is 0.290. The topological polar surface area (TPSA) is 79.5 Å². The lowest BCUT2D eigenvalue weighted by molar-refractivity contribution is -0.121. The van der Waals surface area contributed by atoms with Gasteiger partial charge in [0.2, 0.25) is 5.91 Å². The summed E-state index contributed by atoms with van der Waals surface area (Å²) in [5.74, 6) is 0.845. The van der Waals surface area contributed by atoms with E-state index in [2.05, 4.69) is 15.6 Å². The van der Waals surface area contributed by atoms with Crippen LogP contribution < -0.4 is 16.4 Å². The number of nitrogens with two attached hydrogens (primary N) is 1. The second-order valence-electron chi connectivity index (χ2n) is 5.90. The molecule has 2 atom stereocenters. The number of amides is 1. The molecule has 1 aromatic rings. The Morgan fingerprint density at radius 2 is 2.17 bits per heavy atom. The van der Waals surface area contributed by atoms with Gasteiger partial charge >= 0.3 is 0 Å². The van der Waals surface area contributed by atoms with E-state index in [0.717, 1.165) is 12.1 Å². The first-order chi connectivity index (χ1) is 11.6. The highest BCUT2D eigenvalue weighted by atomic mass is 32.2. The highest BCUT2D eigenvalue weighted by Crippen LogP contribution is 2.25. The molecule has 2 unspecified atom stereocenters. The summed E-state index contributed by atoms with van der Waals surface area (Å²) in [6, 6.07) is 6.13. The summed E-state index contributed by atoms with van der Waals surface area (Å²) in [5, 5.41) is 7.07. The van der Waals surface area contributed by atoms with Gasteiger partial charge in [-0.05, 0) is 42.7 Å². The van der Waals surface area contributed by atoms with Crippen LogP contribution in [0.1, 0.15) is 18.4 Å². The number of hydrogen-bond donors (Lipinski definition) is 3. The maximum Gasteiger partial charge on any atom is 0.222 e. The first kappa shape index (κ1) is 18.6. The van der Waals surface area contributed by atoms with Crippen LogP contribution >= 0.6 is 11.8 Å². The third-order valence-electron chi connectivity index (χ3n) is 4.06. The molecular weight excluding hydrogens is 327 g/mol. The van der Waals surface area contributed by atoms with Gasteiger partial charge in [-0.25, -0.2) is 4.39 Å². The summed E-state index contributed by atoms with van der Waals surface area (Å²) in [6.07, 6.45) is 2.96. The number of halogens is 1. The van der Waals surface area contributed by atoms with Crippen LogP contribution in [-0.2, 0) is 11.2 Å². The molecular formula is C17H25FN4OS. The Morgan fingerprint density at radius 1 is 1.42 bits per heavy atom. The molecule has 132 valence electrons. The van der Waals surface area contributed by atoms with Crippen LogP contribution in [0.15, 0.2) is 29.3 Å². The molecule has 1 aromatic carbocycles. The van der Waals surface area contributed by atoms with E-state index in [9.17, 15) is 9.18 Å². The quantitative estimate of drug-likeness (QED) is 0.514. The molecule has 0 radical (unpaired) electrons. The van der Waals surface area contributed by atoms with Crippen LogP contribution in [0.25, 0.3) is 0 Å². The van der Waals surface area contributed by atoms with Gasteiger partial charge in [0, 0.05) is 25.4 Å². The second kappa shape index (κ2) is 9.52. The molecule has 1 fully saturated rings. The molecule has 7 heteroatoms. The Kier molecular flexibility index (Phi) is 7.36. The molecule has 1 aliphatic heterocycles. The van der Waals surface area contributed by atoms with Gasteiger partial charge in [0.25, 0.3) is 0 Å². The summed E-state index contributed by atoms with van der Waals surface area (Å²) in [7, 11) is 1.70. The van der Waals surface area contributed by atoms with E-state index in [4.69, 9.17) is 5.73 Å². The molecule has 5 nitrogen and oxygen atoms in total. The van der Waals surface area contributed by atoms with Crippen LogP contribution in [0, 0.1) is 11.7 Å². The van der Waals surface area contributed by atoms with Gasteiger partial charge in [-0.1, -0.05) is 12.1 Å². The highest BCUT2D eigenvalue weighted by molar-refractivity contribution is 8.00. The van der Waals surface area contributed by atoms with Gasteiger partial charge in [0.05, 0.1) is 5.92 Å². The number of nitrogens with zero attached hydrogens (tertiary/aromatic N) is 1. The number of carbonyl (C=O) groups is 1. The summed E-state index contributed by atoms with van der Waals surface area (Å²) in [4.78, 5) is 15.9. The van der Waals surface area contributed by atoms with Crippen LogP contribution in [-0.4, -0.2) is 43.0 Å². The molecule has 0 aliphatic carbocycles. The zero-order valence-corrected chi connectivity index (χ0v) is 14.7. The lowest BCUT2D eigenvalue weighted by Crippen LogP contribution is -2.44. The van der Waals surface area contributed by atoms with Crippen molar-refractivity contribution in [1.29, 1.82) is 0 Å². The number of benzene rings is 1. The fourth-order valence-corrected chi connectivity index (χ4v) is 3.84. The average molecular weight is 352 g/mol. The molecule has 2 rings (SSSR count). The number of rotatable bonds is 7. The van der Waals surface area contributed by atoms with Crippen molar-refractivity contribution in [1.82, 2.24) is 10.6 Å². The van der Waals surface area contributed by atoms with E-state index < -0.39 is 0 Å². The van der Waals surface area contributed by atoms with Crippen molar-refractivity contribution in [3.05, 3.63) is 35.6 Å². The van der Waals surface area contributed by atoms with Crippen molar-refractivity contribution in [2.75, 3.05) is 25.9 Å². The fourth-order valence-electron chi connectivity index (χ4n) is 2.63. The Bertz CT molecular complexity index is 558. The number of nitrogens with one attached hydrogen (secondary N) is 2. The Labute approximate surface area is 146 Å². The molecule has 0 aromatic heterocycles. The van der Waals surface area contributed by atoms with E-state index in [1.165, 1.54) is 30.7 Å². The Balaban J connectivity index is 1.82. The van der Waals surface area contributed by atoms with Crippen LogP contribution in [0.5, 0.6) is 0 Å². The summed E-state index contributed by atoms with van der Waals surface area (Å²) in [5.41, 5.74) is 6.38. The maximum absolute atomic E-state index is 13.0. The van der Waals surface area contributed by atoms with Crippen molar-refractivity contribution in [3.8, 4) is 0 Å². The monoisotopic (exact) mass is 352 g/mol. The minimum atomic E-state index is -0.381. The van der Waals surface area contributed by atoms with E-state index in [-0.39, 0.29) is 17.6 Å². The average Bonchev–Trinajstić information content (AvgIpc) is 3.09. The van der Waals surface area contributed by atoms with Gasteiger partial charge in [-0.2, -0.15) is 11.8 Å². The molecule has 1 amide bonds. The Hall–Kier alpha value is -1.76. The Morgan fingerprint density at radius 3 is 2.75 bits per heavy atom. The fraction of sp³-hybridized carbons (Fsp3) is 0.529. The number of thioether (sulfide) groups is 1. The molecule has 24 heavy (non-hydrogen) atoms. The van der Waals surface area contributed by atoms with Crippen LogP contribution in [0.3, 0.4) is 0 Å². The molecule has 1 heterocycles. The van der Waals surface area contributed by atoms with Crippen molar-refractivity contribution in [2.45, 2.75) is 24.5 Å². The van der Waals surface area contributed by atoms with E-state index in [1.54, 1.807) is 19.2 Å². The van der Waals surface area contributed by atoms with Gasteiger partial charge in [0.1, 0.15) is 5.82 Å². The van der Waals surface area contributed by atoms with Crippen molar-refractivity contribution < 1.29 is 9.18 Å². The van der Waals surface area contributed by atoms with Gasteiger partial charge in [-0.3, -0.25) is 9.79 Å². The maximum atomic E-state index is 13.0. The molecule has 0 saturated carbocycles. The zero-order chi connectivity index (χ0) is 17.4. The lowest BCUT2D eigenvalue weighted by atomic mass is 9.98. The largest absolute Gasteiger partial charge is 0.369 e. The van der Waals surface area contributed by atoms with E-state index >= 15 is 0 Å². The number of hydrogen-bond acceptors (Lipinski definition) is 3. The number of primary amides is 1. The van der Waals surface area contributed by atoms with Gasteiger partial charge < -0.3 is 16.4 Å². The first-order valence-corrected chi connectivity index (χ1v) is 9.23. The number of carbonyl (C=O) groups excluding carboxylic acids is 1. The predicted octanol–water partition coefficient (Wildman–Crippen LogP) is 1.53. The molecule has 0 bridgehead atoms. The summed E-state index contributed by atoms with van der Waals surface area (Å²) in [6.45, 7) is 1.26. The standard InChI is InChI=1S/C17H25FN4OS/c1-20-17(22-11-15-3-2-8-24-15)21-10-13(16(19)23)9-12-4-6-14(18)7-5-12/h4-7,13,15H,2-3,8-11H2,1H3,(H2,19,23)(H2,20,21,22). The van der Waals surface area contributed by atoms with Gasteiger partial charge in [-0.15, -0.1) is 0 Å². The molecule has 1 saturated heterocycles. The van der Waals surface area contributed by atoms with Crippen LogP contribution in [0.2, 0.25) is 0 Å². The smallest absolute Gasteiger partial charge is 0.222 e. The first-order valence-electron chi connectivity index (χ1n) is 8.18. The van der Waals surface area contributed by atoms with Crippen molar-refractivity contribution in [3.63, 3.8) is 0 Å². The second-order valence-corrected chi connectivity index (χ2v) is 7.31. The summed E-state index contributed by atoms with van der Waals surface area (Å²) < 4.78 is 13.0. The van der Waals surface area contributed by atoms with Gasteiger partial charge in [0.15, 0.2) is 5.96 Å². The lowest BCUT2D eigenvalue weighted by Gasteiger charge is -2.18. The minimum Gasteiger partial charge on any atom is -0.369 e. The third-order valence-corrected chi connectivity index (χ3v) is 5.46. The van der Waals surface area contributed by atoms with Crippen molar-refractivity contribution >= 4 is 23.6 Å². The molecule has 4 N–H and O–H groups in total. The predicted molar refractivity (Wildman–Crippen MR) is 97.6 cm³/mol. The normalized spacial score (nSPS) is 19.1.